The van der Waals surface area contributed by atoms with E-state index in [4.69, 9.17) is 0 Å². The van der Waals surface area contributed by atoms with Crippen LogP contribution in [0.1, 0.15) is 23.0 Å². The van der Waals surface area contributed by atoms with Crippen LogP contribution in [0.3, 0.4) is 0 Å². The van der Waals surface area contributed by atoms with E-state index in [1.807, 2.05) is 30.3 Å². The van der Waals surface area contributed by atoms with Crippen LogP contribution in [-0.4, -0.2) is 17.9 Å². The maximum Gasteiger partial charge on any atom is 0.274 e. The van der Waals surface area contributed by atoms with Gasteiger partial charge in [0.05, 0.1) is 0 Å². The summed E-state index contributed by atoms with van der Waals surface area (Å²) >= 11 is 0. The second-order valence-electron chi connectivity index (χ2n) is 4.12. The number of nitrogens with zero attached hydrogens (tertiary/aromatic N) is 1. The molecule has 0 atom stereocenters. The van der Waals surface area contributed by atoms with Gasteiger partial charge in [-0.1, -0.05) is 31.2 Å². The van der Waals surface area contributed by atoms with Crippen LogP contribution < -0.4 is 10.6 Å². The van der Waals surface area contributed by atoms with Crippen molar-refractivity contribution >= 4 is 17.4 Å². The number of para-hydroxylation sites is 1. The number of amides is 1. The van der Waals surface area contributed by atoms with Gasteiger partial charge in [-0.25, -0.2) is 4.98 Å². The van der Waals surface area contributed by atoms with Gasteiger partial charge in [-0.15, -0.1) is 0 Å². The average Bonchev–Trinajstić information content (AvgIpc) is 2.47. The zero-order valence-electron chi connectivity index (χ0n) is 11.1. The van der Waals surface area contributed by atoms with Gasteiger partial charge in [0.15, 0.2) is 0 Å². The van der Waals surface area contributed by atoms with E-state index >= 15 is 0 Å². The largest absolute Gasteiger partial charge is 0.373 e. The zero-order valence-corrected chi connectivity index (χ0v) is 11.1. The van der Waals surface area contributed by atoms with E-state index in [2.05, 4.69) is 22.5 Å². The minimum absolute atomic E-state index is 0.196. The Bertz CT molecular complexity index is 581. The lowest BCUT2D eigenvalue weighted by molar-refractivity contribution is 0.102. The van der Waals surface area contributed by atoms with Crippen molar-refractivity contribution in [3.05, 3.63) is 53.7 Å². The van der Waals surface area contributed by atoms with E-state index in [0.29, 0.717) is 11.5 Å². The van der Waals surface area contributed by atoms with Crippen molar-refractivity contribution in [2.75, 3.05) is 17.7 Å². The summed E-state index contributed by atoms with van der Waals surface area (Å²) in [4.78, 5) is 16.4. The summed E-state index contributed by atoms with van der Waals surface area (Å²) in [5.74, 6) is 0.481. The molecule has 1 heterocycles. The molecule has 0 saturated carbocycles. The van der Waals surface area contributed by atoms with Gasteiger partial charge in [-0.3, -0.25) is 4.79 Å². The lowest BCUT2D eigenvalue weighted by atomic mass is 10.1. The first kappa shape index (κ1) is 13.1. The third kappa shape index (κ3) is 3.10. The SMILES string of the molecule is CCc1ccccc1NC(=O)c1cccc(NC)n1. The van der Waals surface area contributed by atoms with Gasteiger partial charge in [-0.05, 0) is 30.2 Å². The van der Waals surface area contributed by atoms with Crippen LogP contribution in [0.4, 0.5) is 11.5 Å². The first-order chi connectivity index (χ1) is 9.24. The normalized spacial score (nSPS) is 10.0. The van der Waals surface area contributed by atoms with Crippen LogP contribution in [-0.2, 0) is 6.42 Å². The Balaban J connectivity index is 2.20. The molecule has 1 aromatic carbocycles. The van der Waals surface area contributed by atoms with E-state index in [1.165, 1.54) is 0 Å². The van der Waals surface area contributed by atoms with E-state index in [-0.39, 0.29) is 5.91 Å². The van der Waals surface area contributed by atoms with Crippen molar-refractivity contribution in [3.8, 4) is 0 Å². The van der Waals surface area contributed by atoms with E-state index in [9.17, 15) is 4.79 Å². The molecule has 98 valence electrons. The number of carbonyl (C=O) groups is 1. The molecule has 0 aliphatic rings. The molecular formula is C15H17N3O. The van der Waals surface area contributed by atoms with Crippen molar-refractivity contribution in [1.82, 2.24) is 4.98 Å². The first-order valence-corrected chi connectivity index (χ1v) is 6.28. The smallest absolute Gasteiger partial charge is 0.274 e. The lowest BCUT2D eigenvalue weighted by Crippen LogP contribution is -2.15. The third-order valence-electron chi connectivity index (χ3n) is 2.88. The molecule has 2 aromatic rings. The minimum Gasteiger partial charge on any atom is -0.373 e. The van der Waals surface area contributed by atoms with Crippen LogP contribution in [0.5, 0.6) is 0 Å². The number of nitrogens with one attached hydrogen (secondary N) is 2. The molecule has 19 heavy (non-hydrogen) atoms. The minimum atomic E-state index is -0.196. The highest BCUT2D eigenvalue weighted by Gasteiger charge is 2.09. The molecular weight excluding hydrogens is 238 g/mol. The number of aromatic nitrogens is 1. The van der Waals surface area contributed by atoms with Gasteiger partial charge in [0.1, 0.15) is 11.5 Å². The fraction of sp³-hybridized carbons (Fsp3) is 0.200. The second kappa shape index (κ2) is 6.00. The van der Waals surface area contributed by atoms with Gasteiger partial charge in [-0.2, -0.15) is 0 Å². The predicted octanol–water partition coefficient (Wildman–Crippen LogP) is 2.94. The molecule has 2 N–H and O–H groups in total. The second-order valence-corrected chi connectivity index (χ2v) is 4.12. The summed E-state index contributed by atoms with van der Waals surface area (Å²) in [6.07, 6.45) is 0.875. The molecule has 0 unspecified atom stereocenters. The standard InChI is InChI=1S/C15H17N3O/c1-3-11-7-4-5-8-12(11)18-15(19)13-9-6-10-14(16-2)17-13/h4-10H,3H2,1-2H3,(H,16,17)(H,18,19). The van der Waals surface area contributed by atoms with Gasteiger partial charge < -0.3 is 10.6 Å². The molecule has 0 bridgehead atoms. The fourth-order valence-corrected chi connectivity index (χ4v) is 1.84. The van der Waals surface area contributed by atoms with Crippen LogP contribution in [0, 0.1) is 0 Å². The van der Waals surface area contributed by atoms with Gasteiger partial charge in [0.25, 0.3) is 5.91 Å². The Morgan fingerprint density at radius 3 is 2.68 bits per heavy atom. The average molecular weight is 255 g/mol. The van der Waals surface area contributed by atoms with Crippen molar-refractivity contribution in [2.24, 2.45) is 0 Å². The quantitative estimate of drug-likeness (QED) is 0.883. The molecule has 0 radical (unpaired) electrons. The van der Waals surface area contributed by atoms with E-state index in [1.54, 1.807) is 19.2 Å². The number of anilines is 2. The Morgan fingerprint density at radius 1 is 1.16 bits per heavy atom. The first-order valence-electron chi connectivity index (χ1n) is 6.28. The maximum absolute atomic E-state index is 12.1. The number of carbonyl (C=O) groups excluding carboxylic acids is 1. The molecule has 4 nitrogen and oxygen atoms in total. The van der Waals surface area contributed by atoms with Crippen LogP contribution in [0.2, 0.25) is 0 Å². The van der Waals surface area contributed by atoms with Gasteiger partial charge >= 0.3 is 0 Å². The number of rotatable bonds is 4. The fourth-order valence-electron chi connectivity index (χ4n) is 1.84. The molecule has 0 aliphatic carbocycles. The molecule has 1 aromatic heterocycles. The Morgan fingerprint density at radius 2 is 1.95 bits per heavy atom. The number of pyridine rings is 1. The number of aryl methyl sites for hydroxylation is 1. The monoisotopic (exact) mass is 255 g/mol. The van der Waals surface area contributed by atoms with Crippen molar-refractivity contribution in [2.45, 2.75) is 13.3 Å². The van der Waals surface area contributed by atoms with Crippen molar-refractivity contribution < 1.29 is 4.79 Å². The summed E-state index contributed by atoms with van der Waals surface area (Å²) in [6.45, 7) is 2.06. The zero-order chi connectivity index (χ0) is 13.7. The molecule has 0 fully saturated rings. The van der Waals surface area contributed by atoms with E-state index < -0.39 is 0 Å². The highest BCUT2D eigenvalue weighted by Crippen LogP contribution is 2.16. The number of benzene rings is 1. The molecule has 0 spiro atoms. The number of hydrogen-bond acceptors (Lipinski definition) is 3. The summed E-state index contributed by atoms with van der Waals surface area (Å²) < 4.78 is 0. The maximum atomic E-state index is 12.1. The van der Waals surface area contributed by atoms with Crippen LogP contribution >= 0.6 is 0 Å². The molecule has 2 rings (SSSR count). The number of hydrogen-bond donors (Lipinski definition) is 2. The Kier molecular flexibility index (Phi) is 4.13. The summed E-state index contributed by atoms with van der Waals surface area (Å²) in [5, 5.41) is 5.82. The van der Waals surface area contributed by atoms with E-state index in [0.717, 1.165) is 17.7 Å². The van der Waals surface area contributed by atoms with Gasteiger partial charge in [0.2, 0.25) is 0 Å². The highest BCUT2D eigenvalue weighted by atomic mass is 16.1. The van der Waals surface area contributed by atoms with Crippen molar-refractivity contribution in [1.29, 1.82) is 0 Å². The third-order valence-corrected chi connectivity index (χ3v) is 2.88. The molecule has 4 heteroatoms. The Labute approximate surface area is 112 Å². The van der Waals surface area contributed by atoms with Crippen LogP contribution in [0.15, 0.2) is 42.5 Å². The lowest BCUT2D eigenvalue weighted by Gasteiger charge is -2.09. The molecule has 1 amide bonds. The summed E-state index contributed by atoms with van der Waals surface area (Å²) in [6, 6.07) is 13.1. The molecule has 0 saturated heterocycles. The topological polar surface area (TPSA) is 54.0 Å². The summed E-state index contributed by atoms with van der Waals surface area (Å²) in [5.41, 5.74) is 2.35. The summed E-state index contributed by atoms with van der Waals surface area (Å²) in [7, 11) is 1.77. The van der Waals surface area contributed by atoms with Gasteiger partial charge in [0, 0.05) is 12.7 Å². The molecule has 0 aliphatic heterocycles. The predicted molar refractivity (Wildman–Crippen MR) is 77.6 cm³/mol. The Hall–Kier alpha value is -2.36. The highest BCUT2D eigenvalue weighted by molar-refractivity contribution is 6.03. The van der Waals surface area contributed by atoms with Crippen molar-refractivity contribution in [3.63, 3.8) is 0 Å². The van der Waals surface area contributed by atoms with Crippen LogP contribution in [0.25, 0.3) is 0 Å².